The van der Waals surface area contributed by atoms with Gasteiger partial charge in [-0.1, -0.05) is 27.5 Å². The van der Waals surface area contributed by atoms with Crippen LogP contribution in [0.1, 0.15) is 11.1 Å². The van der Waals surface area contributed by atoms with Crippen LogP contribution in [0.2, 0.25) is 5.02 Å². The zero-order valence-electron chi connectivity index (χ0n) is 5.91. The summed E-state index contributed by atoms with van der Waals surface area (Å²) in [7, 11) is 0. The fraction of sp³-hybridized carbons (Fsp3) is 0.250. The second-order valence-electron chi connectivity index (χ2n) is 2.35. The maximum Gasteiger partial charge on any atom is 0.0449 e. The molecule has 0 amide bonds. The summed E-state index contributed by atoms with van der Waals surface area (Å²) in [5, 5.41) is 0.826. The lowest BCUT2D eigenvalue weighted by molar-refractivity contribution is 1.37. The topological polar surface area (TPSA) is 0 Å². The van der Waals surface area contributed by atoms with Gasteiger partial charge in [0.15, 0.2) is 0 Å². The molecule has 0 aromatic heterocycles. The minimum atomic E-state index is 0.826. The van der Waals surface area contributed by atoms with Crippen LogP contribution >= 0.6 is 27.5 Å². The summed E-state index contributed by atoms with van der Waals surface area (Å²) in [6.07, 6.45) is 0. The Bertz CT molecular complexity index is 232. The van der Waals surface area contributed by atoms with E-state index in [2.05, 4.69) is 22.0 Å². The van der Waals surface area contributed by atoms with E-state index in [9.17, 15) is 0 Å². The third-order valence-corrected chi connectivity index (χ3v) is 2.64. The standard InChI is InChI=1S/C8H8BrCl/c1-5-3-7(9)6(2)8(10)4-5/h3-4H,1-2H3. The van der Waals surface area contributed by atoms with Gasteiger partial charge < -0.3 is 0 Å². The molecule has 0 fully saturated rings. The van der Waals surface area contributed by atoms with Crippen LogP contribution in [0.15, 0.2) is 16.6 Å². The average Bonchev–Trinajstić information content (AvgIpc) is 1.82. The summed E-state index contributed by atoms with van der Waals surface area (Å²) >= 11 is 9.30. The van der Waals surface area contributed by atoms with E-state index in [0.717, 1.165) is 15.1 Å². The number of halogens is 2. The van der Waals surface area contributed by atoms with Gasteiger partial charge in [-0.25, -0.2) is 0 Å². The minimum absolute atomic E-state index is 0.826. The molecule has 10 heavy (non-hydrogen) atoms. The van der Waals surface area contributed by atoms with Crippen LogP contribution in [0, 0.1) is 13.8 Å². The average molecular weight is 220 g/mol. The molecule has 0 bridgehead atoms. The van der Waals surface area contributed by atoms with Gasteiger partial charge in [-0.2, -0.15) is 0 Å². The van der Waals surface area contributed by atoms with Crippen LogP contribution in [0.3, 0.4) is 0 Å². The Hall–Kier alpha value is -0.0100. The van der Waals surface area contributed by atoms with E-state index < -0.39 is 0 Å². The van der Waals surface area contributed by atoms with Gasteiger partial charge in [0.1, 0.15) is 0 Å². The number of hydrogen-bond donors (Lipinski definition) is 0. The molecular weight excluding hydrogens is 211 g/mol. The maximum atomic E-state index is 5.89. The predicted octanol–water partition coefficient (Wildman–Crippen LogP) is 3.72. The van der Waals surface area contributed by atoms with Crippen molar-refractivity contribution in [3.8, 4) is 0 Å². The first-order chi connectivity index (χ1) is 4.61. The Morgan fingerprint density at radius 1 is 1.30 bits per heavy atom. The smallest absolute Gasteiger partial charge is 0.0449 e. The van der Waals surface area contributed by atoms with E-state index in [1.54, 1.807) is 0 Å². The van der Waals surface area contributed by atoms with E-state index in [0.29, 0.717) is 0 Å². The molecule has 0 nitrogen and oxygen atoms in total. The van der Waals surface area contributed by atoms with Crippen LogP contribution in [0.25, 0.3) is 0 Å². The first kappa shape index (κ1) is 8.09. The lowest BCUT2D eigenvalue weighted by Crippen LogP contribution is -1.79. The summed E-state index contributed by atoms with van der Waals surface area (Å²) in [6, 6.07) is 4.02. The lowest BCUT2D eigenvalue weighted by Gasteiger charge is -2.01. The van der Waals surface area contributed by atoms with Crippen LogP contribution in [0.5, 0.6) is 0 Å². The molecule has 0 atom stereocenters. The largest absolute Gasteiger partial charge is 0.0840 e. The van der Waals surface area contributed by atoms with Gasteiger partial charge in [0.05, 0.1) is 0 Å². The number of rotatable bonds is 0. The fourth-order valence-corrected chi connectivity index (χ4v) is 1.73. The summed E-state index contributed by atoms with van der Waals surface area (Å²) in [6.45, 7) is 4.02. The molecule has 0 aliphatic heterocycles. The molecular formula is C8H8BrCl. The van der Waals surface area contributed by atoms with Crippen molar-refractivity contribution in [3.05, 3.63) is 32.8 Å². The zero-order chi connectivity index (χ0) is 7.72. The van der Waals surface area contributed by atoms with Gasteiger partial charge in [-0.3, -0.25) is 0 Å². The molecule has 0 saturated carbocycles. The molecule has 54 valence electrons. The van der Waals surface area contributed by atoms with Crippen LogP contribution in [-0.2, 0) is 0 Å². The molecule has 1 aromatic rings. The lowest BCUT2D eigenvalue weighted by atomic mass is 10.2. The van der Waals surface area contributed by atoms with Crippen molar-refractivity contribution in [2.24, 2.45) is 0 Å². The van der Waals surface area contributed by atoms with Crippen molar-refractivity contribution >= 4 is 27.5 Å². The van der Waals surface area contributed by atoms with E-state index >= 15 is 0 Å². The molecule has 0 radical (unpaired) electrons. The first-order valence-corrected chi connectivity index (χ1v) is 4.20. The second kappa shape index (κ2) is 2.93. The van der Waals surface area contributed by atoms with Gasteiger partial charge >= 0.3 is 0 Å². The molecule has 0 N–H and O–H groups in total. The normalized spacial score (nSPS) is 10.0. The van der Waals surface area contributed by atoms with Crippen molar-refractivity contribution < 1.29 is 0 Å². The molecule has 0 heterocycles. The minimum Gasteiger partial charge on any atom is -0.0840 e. The van der Waals surface area contributed by atoms with E-state index in [1.807, 2.05) is 19.9 Å². The van der Waals surface area contributed by atoms with E-state index in [4.69, 9.17) is 11.6 Å². The maximum absolute atomic E-state index is 5.89. The zero-order valence-corrected chi connectivity index (χ0v) is 8.25. The third kappa shape index (κ3) is 1.53. The van der Waals surface area contributed by atoms with Crippen LogP contribution in [0.4, 0.5) is 0 Å². The summed E-state index contributed by atoms with van der Waals surface area (Å²) in [5.74, 6) is 0. The Morgan fingerprint density at radius 2 is 1.90 bits per heavy atom. The number of benzene rings is 1. The first-order valence-electron chi connectivity index (χ1n) is 3.03. The monoisotopic (exact) mass is 218 g/mol. The Labute approximate surface area is 74.3 Å². The van der Waals surface area contributed by atoms with E-state index in [1.165, 1.54) is 5.56 Å². The second-order valence-corrected chi connectivity index (χ2v) is 3.62. The van der Waals surface area contributed by atoms with Gasteiger partial charge in [-0.15, -0.1) is 0 Å². The van der Waals surface area contributed by atoms with Crippen molar-refractivity contribution in [2.75, 3.05) is 0 Å². The predicted molar refractivity (Wildman–Crippen MR) is 48.6 cm³/mol. The Kier molecular flexibility index (Phi) is 2.37. The summed E-state index contributed by atoms with van der Waals surface area (Å²) in [5.41, 5.74) is 2.29. The van der Waals surface area contributed by atoms with E-state index in [-0.39, 0.29) is 0 Å². The SMILES string of the molecule is Cc1cc(Cl)c(C)c(Br)c1. The molecule has 1 aromatic carbocycles. The van der Waals surface area contributed by atoms with Gasteiger partial charge in [-0.05, 0) is 37.1 Å². The highest BCUT2D eigenvalue weighted by Gasteiger charge is 1.99. The van der Waals surface area contributed by atoms with Crippen molar-refractivity contribution in [1.29, 1.82) is 0 Å². The van der Waals surface area contributed by atoms with Gasteiger partial charge in [0.25, 0.3) is 0 Å². The van der Waals surface area contributed by atoms with Crippen molar-refractivity contribution in [1.82, 2.24) is 0 Å². The van der Waals surface area contributed by atoms with Crippen molar-refractivity contribution in [3.63, 3.8) is 0 Å². The van der Waals surface area contributed by atoms with Crippen LogP contribution in [-0.4, -0.2) is 0 Å². The van der Waals surface area contributed by atoms with Gasteiger partial charge in [0.2, 0.25) is 0 Å². The Morgan fingerprint density at radius 3 is 2.40 bits per heavy atom. The summed E-state index contributed by atoms with van der Waals surface area (Å²) in [4.78, 5) is 0. The van der Waals surface area contributed by atoms with Crippen LogP contribution < -0.4 is 0 Å². The third-order valence-electron chi connectivity index (χ3n) is 1.43. The fourth-order valence-electron chi connectivity index (χ4n) is 0.772. The quantitative estimate of drug-likeness (QED) is 0.624. The number of aryl methyl sites for hydroxylation is 1. The highest BCUT2D eigenvalue weighted by atomic mass is 79.9. The number of hydrogen-bond acceptors (Lipinski definition) is 0. The summed E-state index contributed by atoms with van der Waals surface area (Å²) < 4.78 is 1.08. The highest BCUT2D eigenvalue weighted by Crippen LogP contribution is 2.25. The molecule has 1 rings (SSSR count). The molecule has 0 aliphatic rings. The van der Waals surface area contributed by atoms with Crippen molar-refractivity contribution in [2.45, 2.75) is 13.8 Å². The van der Waals surface area contributed by atoms with Gasteiger partial charge in [0, 0.05) is 9.50 Å². The Balaban J connectivity index is 3.31. The molecule has 0 saturated heterocycles. The molecule has 2 heteroatoms. The highest BCUT2D eigenvalue weighted by molar-refractivity contribution is 9.10. The molecule has 0 unspecified atom stereocenters. The molecule has 0 spiro atoms. The molecule has 0 aliphatic carbocycles.